The molecule has 0 saturated heterocycles. The molecule has 0 aromatic heterocycles. The van der Waals surface area contributed by atoms with Gasteiger partial charge in [0.2, 0.25) is 5.90 Å². The third-order valence-corrected chi connectivity index (χ3v) is 3.77. The minimum Gasteiger partial charge on any atom is -0.491 e. The Hall–Kier alpha value is -2.40. The molecular formula is C19H16BrNO3. The van der Waals surface area contributed by atoms with E-state index in [1.54, 1.807) is 6.08 Å². The summed E-state index contributed by atoms with van der Waals surface area (Å²) >= 11 is 3.37. The van der Waals surface area contributed by atoms with Gasteiger partial charge in [0.25, 0.3) is 0 Å². The fourth-order valence-electron chi connectivity index (χ4n) is 2.23. The molecule has 0 amide bonds. The number of carbonyl (C=O) groups is 1. The maximum Gasteiger partial charge on any atom is 0.363 e. The van der Waals surface area contributed by atoms with Crippen molar-refractivity contribution in [3.05, 3.63) is 69.8 Å². The Morgan fingerprint density at radius 1 is 1.17 bits per heavy atom. The topological polar surface area (TPSA) is 47.9 Å². The van der Waals surface area contributed by atoms with Gasteiger partial charge in [0, 0.05) is 10.0 Å². The standard InChI is InChI=1S/C19H16BrNO3/c1-12(2)23-16-5-3-4-13(10-16)11-17-19(22)24-18(21-17)14-6-8-15(20)9-7-14/h3-12H,1-2H3/b17-11-. The summed E-state index contributed by atoms with van der Waals surface area (Å²) in [5.41, 5.74) is 1.86. The van der Waals surface area contributed by atoms with E-state index in [4.69, 9.17) is 9.47 Å². The average Bonchev–Trinajstić information content (AvgIpc) is 2.89. The number of rotatable bonds is 4. The largest absolute Gasteiger partial charge is 0.491 e. The summed E-state index contributed by atoms with van der Waals surface area (Å²) < 4.78 is 11.9. The number of hydrogen-bond donors (Lipinski definition) is 0. The van der Waals surface area contributed by atoms with Gasteiger partial charge in [0.05, 0.1) is 6.10 Å². The van der Waals surface area contributed by atoms with E-state index in [1.165, 1.54) is 0 Å². The first-order valence-electron chi connectivity index (χ1n) is 7.56. The number of aliphatic imine (C=N–C) groups is 1. The molecule has 0 atom stereocenters. The molecular weight excluding hydrogens is 370 g/mol. The van der Waals surface area contributed by atoms with Gasteiger partial charge < -0.3 is 9.47 Å². The van der Waals surface area contributed by atoms with Crippen LogP contribution in [0.25, 0.3) is 6.08 Å². The molecule has 122 valence electrons. The first kappa shape index (κ1) is 16.5. The molecule has 0 radical (unpaired) electrons. The van der Waals surface area contributed by atoms with Crippen LogP contribution in [0.1, 0.15) is 25.0 Å². The fourth-order valence-corrected chi connectivity index (χ4v) is 2.50. The number of benzene rings is 2. The normalized spacial score (nSPS) is 15.6. The van der Waals surface area contributed by atoms with Crippen LogP contribution in [0.15, 0.2) is 63.7 Å². The lowest BCUT2D eigenvalue weighted by molar-refractivity contribution is -0.129. The minimum atomic E-state index is -0.455. The van der Waals surface area contributed by atoms with E-state index in [-0.39, 0.29) is 11.8 Å². The molecule has 0 saturated carbocycles. The molecule has 1 heterocycles. The molecule has 0 aliphatic carbocycles. The third-order valence-electron chi connectivity index (χ3n) is 3.24. The quantitative estimate of drug-likeness (QED) is 0.571. The van der Waals surface area contributed by atoms with Crippen molar-refractivity contribution < 1.29 is 14.3 Å². The molecule has 0 fully saturated rings. The molecule has 0 N–H and O–H groups in total. The van der Waals surface area contributed by atoms with Gasteiger partial charge in [-0.1, -0.05) is 28.1 Å². The van der Waals surface area contributed by atoms with E-state index in [9.17, 15) is 4.79 Å². The molecule has 5 heteroatoms. The van der Waals surface area contributed by atoms with Crippen LogP contribution >= 0.6 is 15.9 Å². The van der Waals surface area contributed by atoms with E-state index >= 15 is 0 Å². The fraction of sp³-hybridized carbons (Fsp3) is 0.158. The highest BCUT2D eigenvalue weighted by Crippen LogP contribution is 2.22. The first-order chi connectivity index (χ1) is 11.5. The lowest BCUT2D eigenvalue weighted by atomic mass is 10.2. The Morgan fingerprint density at radius 3 is 2.62 bits per heavy atom. The predicted octanol–water partition coefficient (Wildman–Crippen LogP) is 4.58. The summed E-state index contributed by atoms with van der Waals surface area (Å²) in [5.74, 6) is 0.610. The van der Waals surface area contributed by atoms with Gasteiger partial charge >= 0.3 is 5.97 Å². The van der Waals surface area contributed by atoms with Gasteiger partial charge in [-0.15, -0.1) is 0 Å². The number of nitrogens with zero attached hydrogens (tertiary/aromatic N) is 1. The molecule has 3 rings (SSSR count). The van der Waals surface area contributed by atoms with Crippen molar-refractivity contribution in [2.75, 3.05) is 0 Å². The van der Waals surface area contributed by atoms with E-state index < -0.39 is 5.97 Å². The van der Waals surface area contributed by atoms with Gasteiger partial charge in [-0.05, 0) is 61.9 Å². The monoisotopic (exact) mass is 385 g/mol. The van der Waals surface area contributed by atoms with Crippen molar-refractivity contribution >= 4 is 33.9 Å². The first-order valence-corrected chi connectivity index (χ1v) is 8.36. The summed E-state index contributed by atoms with van der Waals surface area (Å²) in [6, 6.07) is 15.0. The smallest absolute Gasteiger partial charge is 0.363 e. The van der Waals surface area contributed by atoms with Crippen LogP contribution in [-0.2, 0) is 9.53 Å². The van der Waals surface area contributed by atoms with E-state index in [0.717, 1.165) is 21.3 Å². The number of hydrogen-bond acceptors (Lipinski definition) is 4. The van der Waals surface area contributed by atoms with E-state index in [2.05, 4.69) is 20.9 Å². The number of esters is 1. The second-order valence-corrected chi connectivity index (χ2v) is 6.50. The SMILES string of the molecule is CC(C)Oc1cccc(/C=C2\N=C(c3ccc(Br)cc3)OC2=O)c1. The summed E-state index contributed by atoms with van der Waals surface area (Å²) in [5, 5.41) is 0. The van der Waals surface area contributed by atoms with Crippen LogP contribution in [0.3, 0.4) is 0 Å². The molecule has 0 bridgehead atoms. The van der Waals surface area contributed by atoms with Crippen molar-refractivity contribution in [2.45, 2.75) is 20.0 Å². The van der Waals surface area contributed by atoms with Gasteiger partial charge in [0.15, 0.2) is 5.70 Å². The Bertz CT molecular complexity index is 823. The summed E-state index contributed by atoms with van der Waals surface area (Å²) in [4.78, 5) is 16.4. The van der Waals surface area contributed by atoms with Crippen molar-refractivity contribution in [3.8, 4) is 5.75 Å². The Kier molecular flexibility index (Phi) is 4.81. The molecule has 1 aliphatic rings. The van der Waals surface area contributed by atoms with Crippen molar-refractivity contribution in [2.24, 2.45) is 4.99 Å². The maximum absolute atomic E-state index is 12.0. The van der Waals surface area contributed by atoms with Crippen molar-refractivity contribution in [1.82, 2.24) is 0 Å². The zero-order valence-electron chi connectivity index (χ0n) is 13.3. The van der Waals surface area contributed by atoms with Crippen LogP contribution in [-0.4, -0.2) is 18.0 Å². The van der Waals surface area contributed by atoms with Gasteiger partial charge in [-0.3, -0.25) is 0 Å². The zero-order chi connectivity index (χ0) is 17.1. The highest BCUT2D eigenvalue weighted by Gasteiger charge is 2.24. The molecule has 24 heavy (non-hydrogen) atoms. The second kappa shape index (κ2) is 7.01. The van der Waals surface area contributed by atoms with Crippen LogP contribution in [0.5, 0.6) is 5.75 Å². The van der Waals surface area contributed by atoms with Gasteiger partial charge in [0.1, 0.15) is 5.75 Å². The molecule has 2 aromatic carbocycles. The summed E-state index contributed by atoms with van der Waals surface area (Å²) in [6.45, 7) is 3.93. The predicted molar refractivity (Wildman–Crippen MR) is 97.0 cm³/mol. The molecule has 0 spiro atoms. The Balaban J connectivity index is 1.87. The van der Waals surface area contributed by atoms with Crippen molar-refractivity contribution in [1.29, 1.82) is 0 Å². The Morgan fingerprint density at radius 2 is 1.92 bits per heavy atom. The Labute approximate surface area is 148 Å². The number of cyclic esters (lactones) is 1. The number of carbonyl (C=O) groups excluding carboxylic acids is 1. The highest BCUT2D eigenvalue weighted by atomic mass is 79.9. The van der Waals surface area contributed by atoms with E-state index in [1.807, 2.05) is 62.4 Å². The molecule has 2 aromatic rings. The molecule has 4 nitrogen and oxygen atoms in total. The van der Waals surface area contributed by atoms with Gasteiger partial charge in [-0.25, -0.2) is 9.79 Å². The van der Waals surface area contributed by atoms with Crippen LogP contribution in [0, 0.1) is 0 Å². The van der Waals surface area contributed by atoms with Gasteiger partial charge in [-0.2, -0.15) is 0 Å². The van der Waals surface area contributed by atoms with Crippen LogP contribution in [0.2, 0.25) is 0 Å². The second-order valence-electron chi connectivity index (χ2n) is 5.58. The average molecular weight is 386 g/mol. The lowest BCUT2D eigenvalue weighted by Gasteiger charge is -2.09. The van der Waals surface area contributed by atoms with Crippen LogP contribution in [0.4, 0.5) is 0 Å². The lowest BCUT2D eigenvalue weighted by Crippen LogP contribution is -2.05. The number of ether oxygens (including phenoxy) is 2. The van der Waals surface area contributed by atoms with Crippen molar-refractivity contribution in [3.63, 3.8) is 0 Å². The maximum atomic E-state index is 12.0. The summed E-state index contributed by atoms with van der Waals surface area (Å²) in [6.07, 6.45) is 1.79. The molecule has 0 unspecified atom stereocenters. The number of halogens is 1. The third kappa shape index (κ3) is 3.92. The minimum absolute atomic E-state index is 0.0892. The summed E-state index contributed by atoms with van der Waals surface area (Å²) in [7, 11) is 0. The van der Waals surface area contributed by atoms with E-state index in [0.29, 0.717) is 5.90 Å². The zero-order valence-corrected chi connectivity index (χ0v) is 14.9. The highest BCUT2D eigenvalue weighted by molar-refractivity contribution is 9.10. The van der Waals surface area contributed by atoms with Crippen LogP contribution < -0.4 is 4.74 Å². The molecule has 1 aliphatic heterocycles.